The Balaban J connectivity index is 1.28. The lowest BCUT2D eigenvalue weighted by Gasteiger charge is -2.13. The lowest BCUT2D eigenvalue weighted by atomic mass is 10.1. The molecule has 0 heterocycles. The molecule has 1 atom stereocenters. The van der Waals surface area contributed by atoms with Crippen LogP contribution in [0.15, 0.2) is 102 Å². The molecule has 6 heteroatoms. The predicted molar refractivity (Wildman–Crippen MR) is 128 cm³/mol. The Bertz CT molecular complexity index is 1280. The molecule has 0 bridgehead atoms. The van der Waals surface area contributed by atoms with Crippen LogP contribution in [0.5, 0.6) is 11.5 Å². The molecule has 0 fully saturated rings. The lowest BCUT2D eigenvalue weighted by Crippen LogP contribution is -2.33. The summed E-state index contributed by atoms with van der Waals surface area (Å²) in [6, 6.07) is 29.2. The fraction of sp³-hybridized carbons (Fsp3) is 0.0741. The summed E-state index contributed by atoms with van der Waals surface area (Å²) in [5, 5.41) is 6.12. The smallest absolute Gasteiger partial charge is 0.343 e. The number of carbonyl (C=O) groups excluding carboxylic acids is 2. The first-order chi connectivity index (χ1) is 16.1. The van der Waals surface area contributed by atoms with E-state index in [1.807, 2.05) is 48.5 Å². The number of amides is 1. The van der Waals surface area contributed by atoms with Crippen molar-refractivity contribution in [3.8, 4) is 11.5 Å². The van der Waals surface area contributed by atoms with Crippen LogP contribution in [0, 0.1) is 0 Å². The molecule has 0 saturated heterocycles. The number of hydrogen-bond acceptors (Lipinski definition) is 5. The van der Waals surface area contributed by atoms with Crippen LogP contribution in [0.4, 0.5) is 0 Å². The van der Waals surface area contributed by atoms with Crippen LogP contribution in [-0.2, 0) is 4.79 Å². The molecule has 0 aliphatic carbocycles. The number of nitrogens with zero attached hydrogens (tertiary/aromatic N) is 1. The summed E-state index contributed by atoms with van der Waals surface area (Å²) in [5.74, 6) is 0.237. The Kier molecular flexibility index (Phi) is 6.75. The van der Waals surface area contributed by atoms with E-state index in [-0.39, 0.29) is 5.91 Å². The molecule has 1 N–H and O–H groups in total. The van der Waals surface area contributed by atoms with Gasteiger partial charge in [0.05, 0.1) is 11.8 Å². The Labute approximate surface area is 191 Å². The van der Waals surface area contributed by atoms with E-state index in [1.165, 1.54) is 6.21 Å². The van der Waals surface area contributed by atoms with Crippen molar-refractivity contribution in [2.24, 2.45) is 5.10 Å². The van der Waals surface area contributed by atoms with E-state index in [2.05, 4.69) is 10.5 Å². The molecule has 1 unspecified atom stereocenters. The Hall–Kier alpha value is -4.45. The fourth-order valence-corrected chi connectivity index (χ4v) is 3.12. The van der Waals surface area contributed by atoms with E-state index >= 15 is 0 Å². The molecule has 164 valence electrons. The van der Waals surface area contributed by atoms with Gasteiger partial charge in [0.2, 0.25) is 0 Å². The fourth-order valence-electron chi connectivity index (χ4n) is 3.12. The first-order valence-electron chi connectivity index (χ1n) is 10.4. The average Bonchev–Trinajstić information content (AvgIpc) is 2.85. The summed E-state index contributed by atoms with van der Waals surface area (Å²) >= 11 is 0. The minimum Gasteiger partial charge on any atom is -0.481 e. The average molecular weight is 438 g/mol. The molecule has 1 amide bonds. The number of carbonyl (C=O) groups is 2. The van der Waals surface area contributed by atoms with Gasteiger partial charge < -0.3 is 9.47 Å². The van der Waals surface area contributed by atoms with Gasteiger partial charge in [0, 0.05) is 0 Å². The standard InChI is InChI=1S/C27H22N2O4/c1-19(32-25-16-13-21-7-5-6-10-23(21)17-25)26(30)29-28-18-20-11-14-24(15-12-20)33-27(31)22-8-3-2-4-9-22/h2-19H,1H3,(H,29,30)/b28-18+. The van der Waals surface area contributed by atoms with Crippen LogP contribution in [-0.4, -0.2) is 24.2 Å². The molecule has 6 nitrogen and oxygen atoms in total. The molecule has 0 aliphatic rings. The summed E-state index contributed by atoms with van der Waals surface area (Å²) in [5.41, 5.74) is 3.69. The molecule has 4 aromatic carbocycles. The van der Waals surface area contributed by atoms with Crippen LogP contribution in [0.25, 0.3) is 10.8 Å². The third-order valence-electron chi connectivity index (χ3n) is 4.89. The number of hydrogen-bond donors (Lipinski definition) is 1. The topological polar surface area (TPSA) is 77.0 Å². The van der Waals surface area contributed by atoms with Gasteiger partial charge in [-0.25, -0.2) is 10.2 Å². The molecule has 0 aromatic heterocycles. The van der Waals surface area contributed by atoms with Crippen molar-refractivity contribution in [1.82, 2.24) is 5.43 Å². The molecule has 0 aliphatic heterocycles. The van der Waals surface area contributed by atoms with E-state index in [4.69, 9.17) is 9.47 Å². The minimum atomic E-state index is -0.719. The second-order valence-corrected chi connectivity index (χ2v) is 7.33. The number of nitrogens with one attached hydrogen (secondary N) is 1. The van der Waals surface area contributed by atoms with E-state index < -0.39 is 12.1 Å². The van der Waals surface area contributed by atoms with E-state index in [0.29, 0.717) is 17.1 Å². The number of hydrazone groups is 1. The molecule has 33 heavy (non-hydrogen) atoms. The van der Waals surface area contributed by atoms with Crippen molar-refractivity contribution in [2.45, 2.75) is 13.0 Å². The van der Waals surface area contributed by atoms with Crippen LogP contribution < -0.4 is 14.9 Å². The van der Waals surface area contributed by atoms with Crippen molar-refractivity contribution in [3.05, 3.63) is 108 Å². The second kappa shape index (κ2) is 10.2. The van der Waals surface area contributed by atoms with Gasteiger partial charge in [-0.3, -0.25) is 4.79 Å². The van der Waals surface area contributed by atoms with E-state index in [0.717, 1.165) is 16.3 Å². The number of rotatable bonds is 7. The molecule has 4 aromatic rings. The highest BCUT2D eigenvalue weighted by atomic mass is 16.5. The Morgan fingerprint density at radius 3 is 2.24 bits per heavy atom. The SMILES string of the molecule is CC(Oc1ccc2ccccc2c1)C(=O)N/N=C/c1ccc(OC(=O)c2ccccc2)cc1. The molecule has 0 spiro atoms. The van der Waals surface area contributed by atoms with Gasteiger partial charge in [0.1, 0.15) is 11.5 Å². The second-order valence-electron chi connectivity index (χ2n) is 7.33. The third-order valence-corrected chi connectivity index (χ3v) is 4.89. The van der Waals surface area contributed by atoms with Gasteiger partial charge in [-0.15, -0.1) is 0 Å². The van der Waals surface area contributed by atoms with Gasteiger partial charge in [0.25, 0.3) is 5.91 Å². The van der Waals surface area contributed by atoms with Crippen LogP contribution >= 0.6 is 0 Å². The van der Waals surface area contributed by atoms with Crippen molar-refractivity contribution in [3.63, 3.8) is 0 Å². The molecule has 4 rings (SSSR count). The van der Waals surface area contributed by atoms with Gasteiger partial charge in [-0.2, -0.15) is 5.10 Å². The summed E-state index contributed by atoms with van der Waals surface area (Å²) < 4.78 is 11.1. The molecular weight excluding hydrogens is 416 g/mol. The summed E-state index contributed by atoms with van der Waals surface area (Å²) in [6.07, 6.45) is 0.784. The first kappa shape index (κ1) is 21.8. The van der Waals surface area contributed by atoms with Crippen LogP contribution in [0.1, 0.15) is 22.8 Å². The summed E-state index contributed by atoms with van der Waals surface area (Å²) in [6.45, 7) is 1.66. The van der Waals surface area contributed by atoms with Gasteiger partial charge in [0.15, 0.2) is 6.10 Å². The number of esters is 1. The normalized spacial score (nSPS) is 11.8. The maximum atomic E-state index is 12.3. The molecule has 0 radical (unpaired) electrons. The zero-order valence-corrected chi connectivity index (χ0v) is 18.0. The van der Waals surface area contributed by atoms with Crippen LogP contribution in [0.3, 0.4) is 0 Å². The largest absolute Gasteiger partial charge is 0.481 e. The summed E-state index contributed by atoms with van der Waals surface area (Å²) in [4.78, 5) is 24.4. The number of fused-ring (bicyclic) bond motifs is 1. The zero-order chi connectivity index (χ0) is 23.0. The number of ether oxygens (including phenoxy) is 2. The maximum Gasteiger partial charge on any atom is 0.343 e. The molecule has 0 saturated carbocycles. The van der Waals surface area contributed by atoms with Gasteiger partial charge in [-0.1, -0.05) is 48.5 Å². The monoisotopic (exact) mass is 438 g/mol. The van der Waals surface area contributed by atoms with Crippen molar-refractivity contribution >= 4 is 28.9 Å². The highest BCUT2D eigenvalue weighted by molar-refractivity contribution is 5.91. The van der Waals surface area contributed by atoms with Gasteiger partial charge >= 0.3 is 5.97 Å². The van der Waals surface area contributed by atoms with E-state index in [9.17, 15) is 9.59 Å². The summed E-state index contributed by atoms with van der Waals surface area (Å²) in [7, 11) is 0. The highest BCUT2D eigenvalue weighted by Gasteiger charge is 2.14. The van der Waals surface area contributed by atoms with Crippen molar-refractivity contribution in [1.29, 1.82) is 0 Å². The predicted octanol–water partition coefficient (Wildman–Crippen LogP) is 4.98. The Morgan fingerprint density at radius 1 is 0.818 bits per heavy atom. The van der Waals surface area contributed by atoms with Crippen molar-refractivity contribution < 1.29 is 19.1 Å². The maximum absolute atomic E-state index is 12.3. The third kappa shape index (κ3) is 5.83. The van der Waals surface area contributed by atoms with Crippen LogP contribution in [0.2, 0.25) is 0 Å². The quantitative estimate of drug-likeness (QED) is 0.191. The van der Waals surface area contributed by atoms with E-state index in [1.54, 1.807) is 55.5 Å². The lowest BCUT2D eigenvalue weighted by molar-refractivity contribution is -0.127. The van der Waals surface area contributed by atoms with Gasteiger partial charge in [-0.05, 0) is 71.8 Å². The first-order valence-corrected chi connectivity index (χ1v) is 10.4. The highest BCUT2D eigenvalue weighted by Crippen LogP contribution is 2.21. The molecular formula is C27H22N2O4. The zero-order valence-electron chi connectivity index (χ0n) is 18.0. The number of benzene rings is 4. The van der Waals surface area contributed by atoms with Crippen molar-refractivity contribution in [2.75, 3.05) is 0 Å². The Morgan fingerprint density at radius 2 is 1.48 bits per heavy atom. The minimum absolute atomic E-state index is 0.368.